The summed E-state index contributed by atoms with van der Waals surface area (Å²) in [4.78, 5) is 39.9. The van der Waals surface area contributed by atoms with E-state index in [2.05, 4.69) is 15.6 Å². The number of aliphatic carboxylic acids is 1. The number of carboxylic acids is 1. The van der Waals surface area contributed by atoms with E-state index in [0.29, 0.717) is 16.5 Å². The number of carbonyl (C=O) groups excluding carboxylic acids is 2. The SMILES string of the molecule is CC(=CC(=O)Nc1ccc(SCC(=O)Nc2nc(-c3ccc(F)cc3)cs2)cc1)C(=O)O. The Bertz CT molecular complexity index is 1160. The van der Waals surface area contributed by atoms with Crippen molar-refractivity contribution in [2.45, 2.75) is 11.8 Å². The minimum Gasteiger partial charge on any atom is -0.478 e. The first kappa shape index (κ1) is 23.2. The summed E-state index contributed by atoms with van der Waals surface area (Å²) in [5.41, 5.74) is 1.86. The molecule has 0 aliphatic rings. The maximum atomic E-state index is 13.0. The number of carboxylic acid groups (broad SMARTS) is 1. The van der Waals surface area contributed by atoms with E-state index in [0.717, 1.165) is 16.5 Å². The van der Waals surface area contributed by atoms with Crippen LogP contribution in [0.3, 0.4) is 0 Å². The number of amides is 2. The van der Waals surface area contributed by atoms with E-state index in [9.17, 15) is 18.8 Å². The number of anilines is 2. The standard InChI is InChI=1S/C22H18FN3O4S2/c1-13(21(29)30)10-19(27)24-16-6-8-17(9-7-16)31-12-20(28)26-22-25-18(11-32-22)14-2-4-15(23)5-3-14/h2-11H,12H2,1H3,(H,24,27)(H,29,30)(H,25,26,28). The monoisotopic (exact) mass is 471 g/mol. The Morgan fingerprint density at radius 3 is 2.44 bits per heavy atom. The fourth-order valence-electron chi connectivity index (χ4n) is 2.46. The molecule has 0 bridgehead atoms. The Labute approximate surface area is 191 Å². The van der Waals surface area contributed by atoms with Crippen molar-refractivity contribution in [2.24, 2.45) is 0 Å². The highest BCUT2D eigenvalue weighted by atomic mass is 32.2. The molecule has 0 fully saturated rings. The lowest BCUT2D eigenvalue weighted by Crippen LogP contribution is -2.13. The lowest BCUT2D eigenvalue weighted by molar-refractivity contribution is -0.132. The number of rotatable bonds is 8. The molecule has 0 aliphatic carbocycles. The molecular formula is C22H18FN3O4S2. The zero-order chi connectivity index (χ0) is 23.1. The van der Waals surface area contributed by atoms with Crippen LogP contribution in [0.25, 0.3) is 11.3 Å². The van der Waals surface area contributed by atoms with Crippen molar-refractivity contribution in [2.75, 3.05) is 16.4 Å². The normalized spacial score (nSPS) is 11.1. The van der Waals surface area contributed by atoms with Crippen molar-refractivity contribution in [1.29, 1.82) is 0 Å². The van der Waals surface area contributed by atoms with Crippen LogP contribution in [-0.4, -0.2) is 33.6 Å². The number of hydrogen-bond donors (Lipinski definition) is 3. The first-order valence-electron chi connectivity index (χ1n) is 9.27. The van der Waals surface area contributed by atoms with Crippen LogP contribution in [0.1, 0.15) is 6.92 Å². The molecule has 0 saturated heterocycles. The van der Waals surface area contributed by atoms with Gasteiger partial charge < -0.3 is 15.7 Å². The molecule has 3 aromatic rings. The van der Waals surface area contributed by atoms with Crippen LogP contribution in [0.15, 0.2) is 70.5 Å². The Hall–Kier alpha value is -3.50. The van der Waals surface area contributed by atoms with Crippen molar-refractivity contribution >= 4 is 51.7 Å². The molecule has 0 atom stereocenters. The van der Waals surface area contributed by atoms with Gasteiger partial charge in [-0.2, -0.15) is 0 Å². The zero-order valence-electron chi connectivity index (χ0n) is 16.8. The van der Waals surface area contributed by atoms with Crippen molar-refractivity contribution in [3.8, 4) is 11.3 Å². The summed E-state index contributed by atoms with van der Waals surface area (Å²) >= 11 is 2.60. The lowest BCUT2D eigenvalue weighted by atomic mass is 10.2. The summed E-state index contributed by atoms with van der Waals surface area (Å²) in [5.74, 6) is -2.07. The molecule has 1 aromatic heterocycles. The van der Waals surface area contributed by atoms with Gasteiger partial charge in [-0.25, -0.2) is 14.2 Å². The highest BCUT2D eigenvalue weighted by molar-refractivity contribution is 8.00. The first-order chi connectivity index (χ1) is 15.3. The van der Waals surface area contributed by atoms with E-state index in [1.807, 2.05) is 0 Å². The average Bonchev–Trinajstić information content (AvgIpc) is 3.22. The summed E-state index contributed by atoms with van der Waals surface area (Å²) in [7, 11) is 0. The molecule has 1 heterocycles. The molecular weight excluding hydrogens is 453 g/mol. The van der Waals surface area contributed by atoms with Crippen LogP contribution < -0.4 is 10.6 Å². The van der Waals surface area contributed by atoms with E-state index in [1.165, 1.54) is 42.2 Å². The number of thioether (sulfide) groups is 1. The maximum absolute atomic E-state index is 13.0. The van der Waals surface area contributed by atoms with Crippen LogP contribution in [-0.2, 0) is 14.4 Å². The Morgan fingerprint density at radius 1 is 1.09 bits per heavy atom. The summed E-state index contributed by atoms with van der Waals surface area (Å²) in [6.45, 7) is 1.34. The summed E-state index contributed by atoms with van der Waals surface area (Å²) in [5, 5.41) is 16.4. The van der Waals surface area contributed by atoms with Crippen LogP contribution >= 0.6 is 23.1 Å². The second kappa shape index (κ2) is 10.7. The fourth-order valence-corrected chi connectivity index (χ4v) is 3.89. The molecule has 32 heavy (non-hydrogen) atoms. The van der Waals surface area contributed by atoms with Gasteiger partial charge in [0.1, 0.15) is 5.82 Å². The van der Waals surface area contributed by atoms with Crippen LogP contribution in [0.5, 0.6) is 0 Å². The number of benzene rings is 2. The number of aromatic nitrogens is 1. The molecule has 0 spiro atoms. The topological polar surface area (TPSA) is 108 Å². The molecule has 0 aliphatic heterocycles. The van der Waals surface area contributed by atoms with E-state index >= 15 is 0 Å². The Kier molecular flexibility index (Phi) is 7.74. The van der Waals surface area contributed by atoms with Crippen molar-refractivity contribution < 1.29 is 23.9 Å². The zero-order valence-corrected chi connectivity index (χ0v) is 18.4. The van der Waals surface area contributed by atoms with Gasteiger partial charge in [0.25, 0.3) is 0 Å². The molecule has 10 heteroatoms. The summed E-state index contributed by atoms with van der Waals surface area (Å²) in [6, 6.07) is 12.8. The molecule has 0 unspecified atom stereocenters. The van der Waals surface area contributed by atoms with Gasteiger partial charge in [0.15, 0.2) is 5.13 Å². The molecule has 2 aromatic carbocycles. The number of halogens is 1. The van der Waals surface area contributed by atoms with E-state index in [4.69, 9.17) is 5.11 Å². The van der Waals surface area contributed by atoms with Gasteiger partial charge in [0, 0.05) is 33.2 Å². The predicted octanol–water partition coefficient (Wildman–Crippen LogP) is 4.65. The van der Waals surface area contributed by atoms with Crippen molar-refractivity contribution in [1.82, 2.24) is 4.98 Å². The van der Waals surface area contributed by atoms with Gasteiger partial charge in [0.05, 0.1) is 11.4 Å². The third-order valence-corrected chi connectivity index (χ3v) is 5.84. The molecule has 3 rings (SSSR count). The van der Waals surface area contributed by atoms with Gasteiger partial charge in [-0.1, -0.05) is 0 Å². The molecule has 0 saturated carbocycles. The van der Waals surface area contributed by atoms with Gasteiger partial charge in [-0.15, -0.1) is 23.1 Å². The van der Waals surface area contributed by atoms with Crippen LogP contribution in [0.2, 0.25) is 0 Å². The fraction of sp³-hybridized carbons (Fsp3) is 0.0909. The Balaban J connectivity index is 1.49. The second-order valence-electron chi connectivity index (χ2n) is 6.53. The van der Waals surface area contributed by atoms with Gasteiger partial charge in [0.2, 0.25) is 11.8 Å². The van der Waals surface area contributed by atoms with E-state index in [-0.39, 0.29) is 23.1 Å². The first-order valence-corrected chi connectivity index (χ1v) is 11.1. The number of thiazole rings is 1. The lowest BCUT2D eigenvalue weighted by Gasteiger charge is -2.05. The highest BCUT2D eigenvalue weighted by Crippen LogP contribution is 2.26. The number of nitrogens with zero attached hydrogens (tertiary/aromatic N) is 1. The van der Waals surface area contributed by atoms with Crippen molar-refractivity contribution in [3.63, 3.8) is 0 Å². The molecule has 164 valence electrons. The smallest absolute Gasteiger partial charge is 0.331 e. The molecule has 7 nitrogen and oxygen atoms in total. The number of carbonyl (C=O) groups is 3. The number of nitrogens with one attached hydrogen (secondary N) is 2. The van der Waals surface area contributed by atoms with Gasteiger partial charge >= 0.3 is 5.97 Å². The third kappa shape index (κ3) is 6.76. The quantitative estimate of drug-likeness (QED) is 0.326. The van der Waals surface area contributed by atoms with Crippen LogP contribution in [0, 0.1) is 5.82 Å². The molecule has 2 amide bonds. The minimum atomic E-state index is -1.16. The molecule has 0 radical (unpaired) electrons. The van der Waals surface area contributed by atoms with Gasteiger partial charge in [-0.05, 0) is 55.5 Å². The van der Waals surface area contributed by atoms with Gasteiger partial charge in [-0.3, -0.25) is 9.59 Å². The Morgan fingerprint density at radius 2 is 1.78 bits per heavy atom. The van der Waals surface area contributed by atoms with Crippen LogP contribution in [0.4, 0.5) is 15.2 Å². The predicted molar refractivity (Wildman–Crippen MR) is 123 cm³/mol. The summed E-state index contributed by atoms with van der Waals surface area (Å²) < 4.78 is 13.0. The third-order valence-electron chi connectivity index (χ3n) is 4.07. The van der Waals surface area contributed by atoms with E-state index in [1.54, 1.807) is 41.8 Å². The minimum absolute atomic E-state index is 0.0642. The van der Waals surface area contributed by atoms with Crippen molar-refractivity contribution in [3.05, 3.63) is 71.4 Å². The largest absolute Gasteiger partial charge is 0.478 e. The average molecular weight is 472 g/mol. The second-order valence-corrected chi connectivity index (χ2v) is 8.43. The maximum Gasteiger partial charge on any atom is 0.331 e. The molecule has 3 N–H and O–H groups in total. The number of hydrogen-bond acceptors (Lipinski definition) is 6. The van der Waals surface area contributed by atoms with E-state index < -0.39 is 11.9 Å². The highest BCUT2D eigenvalue weighted by Gasteiger charge is 2.10. The summed E-state index contributed by atoms with van der Waals surface area (Å²) in [6.07, 6.45) is 1.01.